The Labute approximate surface area is 113 Å². The Morgan fingerprint density at radius 2 is 2.32 bits per heavy atom. The van der Waals surface area contributed by atoms with Crippen LogP contribution in [-0.2, 0) is 6.54 Å². The number of oxime groups is 1. The lowest BCUT2D eigenvalue weighted by molar-refractivity contribution is 0.318. The van der Waals surface area contributed by atoms with Crippen LogP contribution in [0.2, 0.25) is 0 Å². The smallest absolute Gasteiger partial charge is 0.170 e. The van der Waals surface area contributed by atoms with Crippen LogP contribution in [-0.4, -0.2) is 20.6 Å². The van der Waals surface area contributed by atoms with E-state index in [1.54, 1.807) is 11.3 Å². The van der Waals surface area contributed by atoms with E-state index in [2.05, 4.69) is 14.7 Å². The Bertz CT molecular complexity index is 730. The summed E-state index contributed by atoms with van der Waals surface area (Å²) >= 11 is 1.62. The lowest BCUT2D eigenvalue weighted by atomic mass is 10.1. The van der Waals surface area contributed by atoms with Crippen molar-refractivity contribution in [1.29, 1.82) is 0 Å². The average Bonchev–Trinajstić information content (AvgIpc) is 3.08. The maximum atomic E-state index is 8.74. The van der Waals surface area contributed by atoms with Crippen molar-refractivity contribution in [2.75, 3.05) is 0 Å². The molecule has 0 spiro atoms. The standard InChI is InChI=1S/C13H12N4OS/c14-13(16-18)10-2-1-9-3-4-17(12(9)5-10)7-11-6-15-8-19-11/h1-6,8,18H,7H2,(H2,14,16). The zero-order valence-electron chi connectivity index (χ0n) is 10.0. The molecule has 3 aromatic rings. The SMILES string of the molecule is N/C(=N/O)c1ccc2ccn(Cc3cncs3)c2c1. The molecule has 0 atom stereocenters. The number of thiazole rings is 1. The number of aromatic nitrogens is 2. The third-order valence-corrected chi connectivity index (χ3v) is 3.75. The summed E-state index contributed by atoms with van der Waals surface area (Å²) in [6.07, 6.45) is 3.89. The maximum absolute atomic E-state index is 8.74. The van der Waals surface area contributed by atoms with Crippen molar-refractivity contribution in [3.05, 3.63) is 52.6 Å². The lowest BCUT2D eigenvalue weighted by Gasteiger charge is -2.05. The van der Waals surface area contributed by atoms with E-state index in [-0.39, 0.29) is 5.84 Å². The summed E-state index contributed by atoms with van der Waals surface area (Å²) in [5.74, 6) is 0.118. The van der Waals surface area contributed by atoms with E-state index in [1.165, 1.54) is 4.88 Å². The van der Waals surface area contributed by atoms with Gasteiger partial charge in [-0.3, -0.25) is 4.98 Å². The molecule has 0 aliphatic rings. The fourth-order valence-electron chi connectivity index (χ4n) is 2.03. The van der Waals surface area contributed by atoms with Crippen LogP contribution in [0.3, 0.4) is 0 Å². The average molecular weight is 272 g/mol. The third-order valence-electron chi connectivity index (χ3n) is 2.99. The summed E-state index contributed by atoms with van der Waals surface area (Å²) in [4.78, 5) is 5.26. The molecule has 2 aromatic heterocycles. The Hall–Kier alpha value is -2.34. The van der Waals surface area contributed by atoms with Gasteiger partial charge in [0, 0.05) is 28.4 Å². The van der Waals surface area contributed by atoms with Crippen LogP contribution in [0.5, 0.6) is 0 Å². The minimum absolute atomic E-state index is 0.118. The number of amidine groups is 1. The van der Waals surface area contributed by atoms with Crippen LogP contribution < -0.4 is 5.73 Å². The fourth-order valence-corrected chi connectivity index (χ4v) is 2.62. The van der Waals surface area contributed by atoms with Gasteiger partial charge >= 0.3 is 0 Å². The zero-order chi connectivity index (χ0) is 13.2. The van der Waals surface area contributed by atoms with Crippen molar-refractivity contribution in [2.45, 2.75) is 6.54 Å². The molecule has 0 radical (unpaired) electrons. The number of nitrogens with two attached hydrogens (primary N) is 1. The highest BCUT2D eigenvalue weighted by molar-refractivity contribution is 7.09. The first-order chi connectivity index (χ1) is 9.28. The summed E-state index contributed by atoms with van der Waals surface area (Å²) in [6, 6.07) is 7.78. The first kappa shape index (κ1) is 11.7. The largest absolute Gasteiger partial charge is 0.409 e. The quantitative estimate of drug-likeness (QED) is 0.332. The summed E-state index contributed by atoms with van der Waals surface area (Å²) in [6.45, 7) is 0.772. The van der Waals surface area contributed by atoms with Crippen molar-refractivity contribution in [1.82, 2.24) is 9.55 Å². The zero-order valence-corrected chi connectivity index (χ0v) is 10.8. The molecule has 6 heteroatoms. The number of hydrogen-bond donors (Lipinski definition) is 2. The van der Waals surface area contributed by atoms with E-state index in [1.807, 2.05) is 42.2 Å². The highest BCUT2D eigenvalue weighted by Crippen LogP contribution is 2.20. The van der Waals surface area contributed by atoms with Crippen LogP contribution in [0.25, 0.3) is 10.9 Å². The monoisotopic (exact) mass is 272 g/mol. The first-order valence-electron chi connectivity index (χ1n) is 5.72. The number of fused-ring (bicyclic) bond motifs is 1. The Balaban J connectivity index is 2.05. The summed E-state index contributed by atoms with van der Waals surface area (Å²) < 4.78 is 2.12. The van der Waals surface area contributed by atoms with Gasteiger partial charge in [-0.2, -0.15) is 0 Å². The van der Waals surface area contributed by atoms with Gasteiger partial charge in [-0.15, -0.1) is 11.3 Å². The molecule has 1 aromatic carbocycles. The highest BCUT2D eigenvalue weighted by atomic mass is 32.1. The second-order valence-electron chi connectivity index (χ2n) is 4.17. The van der Waals surface area contributed by atoms with E-state index in [0.717, 1.165) is 17.4 Å². The topological polar surface area (TPSA) is 76.4 Å². The molecular formula is C13H12N4OS. The van der Waals surface area contributed by atoms with Crippen LogP contribution in [0.15, 0.2) is 47.3 Å². The molecule has 0 aliphatic carbocycles. The van der Waals surface area contributed by atoms with E-state index in [9.17, 15) is 0 Å². The minimum Gasteiger partial charge on any atom is -0.409 e. The minimum atomic E-state index is 0.118. The number of benzene rings is 1. The molecular weight excluding hydrogens is 260 g/mol. The highest BCUT2D eigenvalue weighted by Gasteiger charge is 2.06. The fraction of sp³-hybridized carbons (Fsp3) is 0.0769. The van der Waals surface area contributed by atoms with Gasteiger partial charge in [-0.1, -0.05) is 17.3 Å². The molecule has 0 saturated carbocycles. The van der Waals surface area contributed by atoms with Gasteiger partial charge in [0.2, 0.25) is 0 Å². The molecule has 0 saturated heterocycles. The second kappa shape index (κ2) is 4.74. The summed E-state index contributed by atoms with van der Waals surface area (Å²) in [5, 5.41) is 12.9. The molecule has 3 rings (SSSR count). The van der Waals surface area contributed by atoms with Crippen LogP contribution in [0.4, 0.5) is 0 Å². The van der Waals surface area contributed by atoms with Crippen LogP contribution >= 0.6 is 11.3 Å². The maximum Gasteiger partial charge on any atom is 0.170 e. The van der Waals surface area contributed by atoms with E-state index >= 15 is 0 Å². The first-order valence-corrected chi connectivity index (χ1v) is 6.60. The number of nitrogens with zero attached hydrogens (tertiary/aromatic N) is 3. The number of rotatable bonds is 3. The normalized spacial score (nSPS) is 12.1. The Kier molecular flexibility index (Phi) is 2.92. The van der Waals surface area contributed by atoms with Gasteiger partial charge in [-0.25, -0.2) is 0 Å². The summed E-state index contributed by atoms with van der Waals surface area (Å²) in [5.41, 5.74) is 9.21. The molecule has 2 heterocycles. The van der Waals surface area contributed by atoms with Gasteiger partial charge < -0.3 is 15.5 Å². The third kappa shape index (κ3) is 2.17. The van der Waals surface area contributed by atoms with Crippen molar-refractivity contribution in [3.63, 3.8) is 0 Å². The number of hydrogen-bond acceptors (Lipinski definition) is 4. The van der Waals surface area contributed by atoms with Crippen LogP contribution in [0, 0.1) is 0 Å². The van der Waals surface area contributed by atoms with Gasteiger partial charge in [-0.05, 0) is 17.5 Å². The van der Waals surface area contributed by atoms with Gasteiger partial charge in [0.15, 0.2) is 5.84 Å². The second-order valence-corrected chi connectivity index (χ2v) is 5.14. The van der Waals surface area contributed by atoms with Crippen molar-refractivity contribution in [2.24, 2.45) is 10.9 Å². The summed E-state index contributed by atoms with van der Waals surface area (Å²) in [7, 11) is 0. The van der Waals surface area contributed by atoms with Crippen LogP contribution in [0.1, 0.15) is 10.4 Å². The van der Waals surface area contributed by atoms with Crippen molar-refractivity contribution in [3.8, 4) is 0 Å². The Morgan fingerprint density at radius 3 is 3.05 bits per heavy atom. The molecule has 96 valence electrons. The molecule has 3 N–H and O–H groups in total. The molecule has 0 amide bonds. The Morgan fingerprint density at radius 1 is 1.42 bits per heavy atom. The molecule has 19 heavy (non-hydrogen) atoms. The van der Waals surface area contributed by atoms with E-state index < -0.39 is 0 Å². The van der Waals surface area contributed by atoms with E-state index in [4.69, 9.17) is 10.9 Å². The predicted molar refractivity (Wildman–Crippen MR) is 75.7 cm³/mol. The van der Waals surface area contributed by atoms with Crippen molar-refractivity contribution < 1.29 is 5.21 Å². The predicted octanol–water partition coefficient (Wildman–Crippen LogP) is 2.24. The van der Waals surface area contributed by atoms with Crippen molar-refractivity contribution >= 4 is 28.1 Å². The van der Waals surface area contributed by atoms with E-state index in [0.29, 0.717) is 5.56 Å². The molecule has 0 aliphatic heterocycles. The molecule has 0 bridgehead atoms. The van der Waals surface area contributed by atoms with Gasteiger partial charge in [0.1, 0.15) is 0 Å². The van der Waals surface area contributed by atoms with Gasteiger partial charge in [0.05, 0.1) is 12.1 Å². The molecule has 0 fully saturated rings. The molecule has 0 unspecified atom stereocenters. The van der Waals surface area contributed by atoms with Gasteiger partial charge in [0.25, 0.3) is 0 Å². The lowest BCUT2D eigenvalue weighted by Crippen LogP contribution is -2.12. The molecule has 5 nitrogen and oxygen atoms in total.